The molecule has 1 aliphatic heterocycles. The molecule has 17 heavy (non-hydrogen) atoms. The van der Waals surface area contributed by atoms with E-state index in [9.17, 15) is 9.18 Å². The minimum Gasteiger partial charge on any atom is -0.272 e. The number of carbonyl (C=O) groups is 1. The van der Waals surface area contributed by atoms with Gasteiger partial charge in [-0.1, -0.05) is 19.1 Å². The van der Waals surface area contributed by atoms with E-state index in [2.05, 4.69) is 5.10 Å². The summed E-state index contributed by atoms with van der Waals surface area (Å²) >= 11 is 0. The van der Waals surface area contributed by atoms with Crippen LogP contribution in [-0.4, -0.2) is 16.6 Å². The van der Waals surface area contributed by atoms with Crippen molar-refractivity contribution >= 4 is 11.6 Å². The van der Waals surface area contributed by atoms with E-state index in [1.54, 1.807) is 12.1 Å². The van der Waals surface area contributed by atoms with Crippen LogP contribution in [0.15, 0.2) is 29.4 Å². The minimum absolute atomic E-state index is 0.0364. The average molecular weight is 234 g/mol. The molecular formula is C13H15FN2O. The van der Waals surface area contributed by atoms with Crippen LogP contribution >= 0.6 is 0 Å². The molecule has 0 aliphatic carbocycles. The van der Waals surface area contributed by atoms with E-state index in [1.807, 2.05) is 13.8 Å². The summed E-state index contributed by atoms with van der Waals surface area (Å²) in [6.45, 7) is 4.26. The third-order valence-electron chi connectivity index (χ3n) is 2.99. The monoisotopic (exact) mass is 234 g/mol. The fourth-order valence-corrected chi connectivity index (χ4v) is 2.01. The Morgan fingerprint density at radius 1 is 1.35 bits per heavy atom. The standard InChI is InChI=1S/C13H15FN2O/c1-3-12-9(2)15-16(13(12)17)8-10-4-6-11(14)7-5-10/h4-7,12H,3,8H2,1-2H3. The van der Waals surface area contributed by atoms with Crippen LogP contribution in [0.4, 0.5) is 4.39 Å². The zero-order valence-electron chi connectivity index (χ0n) is 9.98. The summed E-state index contributed by atoms with van der Waals surface area (Å²) in [4.78, 5) is 12.0. The molecular weight excluding hydrogens is 219 g/mol. The van der Waals surface area contributed by atoms with Crippen molar-refractivity contribution in [2.24, 2.45) is 11.0 Å². The van der Waals surface area contributed by atoms with Crippen molar-refractivity contribution in [2.45, 2.75) is 26.8 Å². The van der Waals surface area contributed by atoms with E-state index in [0.29, 0.717) is 6.54 Å². The van der Waals surface area contributed by atoms with Crippen molar-refractivity contribution in [3.05, 3.63) is 35.6 Å². The van der Waals surface area contributed by atoms with Crippen LogP contribution in [0.3, 0.4) is 0 Å². The first kappa shape index (κ1) is 11.8. The third-order valence-corrected chi connectivity index (χ3v) is 2.99. The van der Waals surface area contributed by atoms with Crippen LogP contribution in [0.2, 0.25) is 0 Å². The maximum atomic E-state index is 12.7. The van der Waals surface area contributed by atoms with Gasteiger partial charge in [-0.15, -0.1) is 0 Å². The lowest BCUT2D eigenvalue weighted by Gasteiger charge is -2.13. The van der Waals surface area contributed by atoms with E-state index in [0.717, 1.165) is 17.7 Å². The molecule has 0 aromatic heterocycles. The van der Waals surface area contributed by atoms with Crippen molar-refractivity contribution in [3.63, 3.8) is 0 Å². The largest absolute Gasteiger partial charge is 0.272 e. The Hall–Kier alpha value is -1.71. The number of rotatable bonds is 3. The smallest absolute Gasteiger partial charge is 0.251 e. The SMILES string of the molecule is CCC1C(=O)N(Cc2ccc(F)cc2)N=C1C. The molecule has 1 aliphatic rings. The van der Waals surface area contributed by atoms with E-state index in [-0.39, 0.29) is 17.6 Å². The number of benzene rings is 1. The number of amides is 1. The lowest BCUT2D eigenvalue weighted by atomic mass is 10.0. The predicted octanol–water partition coefficient (Wildman–Crippen LogP) is 2.57. The summed E-state index contributed by atoms with van der Waals surface area (Å²) < 4.78 is 12.7. The predicted molar refractivity (Wildman–Crippen MR) is 63.8 cm³/mol. The molecule has 0 saturated heterocycles. The van der Waals surface area contributed by atoms with Crippen molar-refractivity contribution in [3.8, 4) is 0 Å². The second-order valence-electron chi connectivity index (χ2n) is 4.22. The van der Waals surface area contributed by atoms with Crippen LogP contribution in [0.1, 0.15) is 25.8 Å². The lowest BCUT2D eigenvalue weighted by Crippen LogP contribution is -2.26. The van der Waals surface area contributed by atoms with E-state index in [1.165, 1.54) is 17.1 Å². The molecule has 0 saturated carbocycles. The van der Waals surface area contributed by atoms with Crippen molar-refractivity contribution in [1.82, 2.24) is 5.01 Å². The maximum absolute atomic E-state index is 12.7. The molecule has 0 fully saturated rings. The van der Waals surface area contributed by atoms with Crippen molar-refractivity contribution in [1.29, 1.82) is 0 Å². The Morgan fingerprint density at radius 3 is 2.53 bits per heavy atom. The van der Waals surface area contributed by atoms with Crippen molar-refractivity contribution in [2.75, 3.05) is 0 Å². The number of hydrogen-bond donors (Lipinski definition) is 0. The fourth-order valence-electron chi connectivity index (χ4n) is 2.01. The molecule has 4 heteroatoms. The van der Waals surface area contributed by atoms with Crippen LogP contribution in [0, 0.1) is 11.7 Å². The Bertz CT molecular complexity index is 453. The maximum Gasteiger partial charge on any atom is 0.251 e. The first-order valence-electron chi connectivity index (χ1n) is 5.72. The molecule has 90 valence electrons. The zero-order chi connectivity index (χ0) is 12.4. The lowest BCUT2D eigenvalue weighted by molar-refractivity contribution is -0.132. The molecule has 1 unspecified atom stereocenters. The number of carbonyl (C=O) groups excluding carboxylic acids is 1. The number of halogens is 1. The highest BCUT2D eigenvalue weighted by Gasteiger charge is 2.31. The van der Waals surface area contributed by atoms with Crippen LogP contribution < -0.4 is 0 Å². The van der Waals surface area contributed by atoms with Gasteiger partial charge in [0.25, 0.3) is 5.91 Å². The molecule has 0 spiro atoms. The van der Waals surface area contributed by atoms with E-state index < -0.39 is 0 Å². The molecule has 1 amide bonds. The first-order chi connectivity index (χ1) is 8.11. The zero-order valence-corrected chi connectivity index (χ0v) is 9.98. The van der Waals surface area contributed by atoms with Gasteiger partial charge in [-0.2, -0.15) is 5.10 Å². The van der Waals surface area contributed by atoms with Gasteiger partial charge in [0.15, 0.2) is 0 Å². The Balaban J connectivity index is 2.10. The Labute approximate surface area is 99.9 Å². The summed E-state index contributed by atoms with van der Waals surface area (Å²) in [5.74, 6) is -0.322. The topological polar surface area (TPSA) is 32.7 Å². The van der Waals surface area contributed by atoms with Gasteiger partial charge in [0, 0.05) is 5.71 Å². The van der Waals surface area contributed by atoms with E-state index >= 15 is 0 Å². The highest BCUT2D eigenvalue weighted by Crippen LogP contribution is 2.20. The van der Waals surface area contributed by atoms with Gasteiger partial charge in [-0.05, 0) is 31.0 Å². The molecule has 1 aromatic rings. The summed E-state index contributed by atoms with van der Waals surface area (Å²) in [5, 5.41) is 5.72. The van der Waals surface area contributed by atoms with Crippen LogP contribution in [0.25, 0.3) is 0 Å². The van der Waals surface area contributed by atoms with Gasteiger partial charge in [-0.3, -0.25) is 4.79 Å². The van der Waals surface area contributed by atoms with Crippen LogP contribution in [0.5, 0.6) is 0 Å². The van der Waals surface area contributed by atoms with Gasteiger partial charge in [0.1, 0.15) is 5.82 Å². The number of hydrazone groups is 1. The summed E-state index contributed by atoms with van der Waals surface area (Å²) in [5.41, 5.74) is 1.74. The highest BCUT2D eigenvalue weighted by molar-refractivity contribution is 6.06. The summed E-state index contributed by atoms with van der Waals surface area (Å²) in [7, 11) is 0. The van der Waals surface area contributed by atoms with Gasteiger partial charge >= 0.3 is 0 Å². The molecule has 0 radical (unpaired) electrons. The summed E-state index contributed by atoms with van der Waals surface area (Å²) in [6, 6.07) is 6.13. The number of nitrogens with zero attached hydrogens (tertiary/aromatic N) is 2. The highest BCUT2D eigenvalue weighted by atomic mass is 19.1. The van der Waals surface area contributed by atoms with Gasteiger partial charge in [0.2, 0.25) is 0 Å². The molecule has 0 N–H and O–H groups in total. The first-order valence-corrected chi connectivity index (χ1v) is 5.72. The normalized spacial score (nSPS) is 19.7. The third kappa shape index (κ3) is 2.35. The second-order valence-corrected chi connectivity index (χ2v) is 4.22. The molecule has 1 atom stereocenters. The molecule has 1 heterocycles. The molecule has 2 rings (SSSR count). The second kappa shape index (κ2) is 4.65. The minimum atomic E-state index is -0.271. The quantitative estimate of drug-likeness (QED) is 0.791. The van der Waals surface area contributed by atoms with E-state index in [4.69, 9.17) is 0 Å². The summed E-state index contributed by atoms with van der Waals surface area (Å²) in [6.07, 6.45) is 0.772. The Kier molecular flexibility index (Phi) is 3.22. The average Bonchev–Trinajstić information content (AvgIpc) is 2.57. The Morgan fingerprint density at radius 2 is 2.00 bits per heavy atom. The number of hydrogen-bond acceptors (Lipinski definition) is 2. The molecule has 1 aromatic carbocycles. The van der Waals surface area contributed by atoms with Crippen molar-refractivity contribution < 1.29 is 9.18 Å². The van der Waals surface area contributed by atoms with Gasteiger partial charge in [0.05, 0.1) is 12.5 Å². The van der Waals surface area contributed by atoms with Gasteiger partial charge < -0.3 is 0 Å². The van der Waals surface area contributed by atoms with Crippen LogP contribution in [-0.2, 0) is 11.3 Å². The fraction of sp³-hybridized carbons (Fsp3) is 0.385. The molecule has 0 bridgehead atoms. The molecule has 3 nitrogen and oxygen atoms in total. The van der Waals surface area contributed by atoms with Gasteiger partial charge in [-0.25, -0.2) is 9.40 Å².